The molecule has 0 aliphatic rings. The van der Waals surface area contributed by atoms with Gasteiger partial charge in [0.05, 0.1) is 18.6 Å². The highest BCUT2D eigenvalue weighted by atomic mass is 32.2. The molecule has 0 unspecified atom stereocenters. The second-order valence-corrected chi connectivity index (χ2v) is 13.1. The fourth-order valence-corrected chi connectivity index (χ4v) is 4.94. The van der Waals surface area contributed by atoms with E-state index in [2.05, 4.69) is 47.9 Å². The molecule has 1 heterocycles. The number of amides is 2. The number of nitrogens with zero attached hydrogens (tertiary/aromatic N) is 2. The Morgan fingerprint density at radius 1 is 1.00 bits per heavy atom. The summed E-state index contributed by atoms with van der Waals surface area (Å²) in [5.41, 5.74) is 4.90. The summed E-state index contributed by atoms with van der Waals surface area (Å²) >= 11 is 0. The fourth-order valence-electron chi connectivity index (χ4n) is 4.35. The van der Waals surface area contributed by atoms with E-state index < -0.39 is 10.0 Å². The number of nitrogens with one attached hydrogen (secondary N) is 3. The van der Waals surface area contributed by atoms with Crippen LogP contribution in [-0.2, 0) is 28.4 Å². The Bertz CT molecular complexity index is 1470. The molecule has 0 spiro atoms. The van der Waals surface area contributed by atoms with Gasteiger partial charge in [0.25, 0.3) is 0 Å². The van der Waals surface area contributed by atoms with Gasteiger partial charge < -0.3 is 10.1 Å². The lowest BCUT2D eigenvalue weighted by molar-refractivity contribution is 0.221. The van der Waals surface area contributed by atoms with Crippen LogP contribution in [0, 0.1) is 5.41 Å². The van der Waals surface area contributed by atoms with Crippen molar-refractivity contribution in [3.05, 3.63) is 77.4 Å². The monoisotopic (exact) mass is 595 g/mol. The third-order valence-electron chi connectivity index (χ3n) is 6.99. The van der Waals surface area contributed by atoms with Gasteiger partial charge in [-0.1, -0.05) is 69.3 Å². The fraction of sp³-hybridized carbons (Fsp3) is 0.406. The van der Waals surface area contributed by atoms with Crippen LogP contribution in [0.1, 0.15) is 65.6 Å². The van der Waals surface area contributed by atoms with Crippen LogP contribution >= 0.6 is 0 Å². The molecule has 0 saturated carbocycles. The van der Waals surface area contributed by atoms with Crippen molar-refractivity contribution in [1.82, 2.24) is 15.2 Å². The number of carbonyl (C=O) groups excluding carboxylic acids is 1. The first-order valence-electron chi connectivity index (χ1n) is 14.2. The van der Waals surface area contributed by atoms with Crippen molar-refractivity contribution in [2.75, 3.05) is 24.1 Å². The summed E-state index contributed by atoms with van der Waals surface area (Å²) in [5, 5.41) is 11.4. The lowest BCUT2D eigenvalue weighted by Gasteiger charge is -2.22. The van der Waals surface area contributed by atoms with Crippen LogP contribution in [0.15, 0.2) is 60.7 Å². The third-order valence-corrected chi connectivity index (χ3v) is 8.25. The number of sulfonamides is 1. The van der Waals surface area contributed by atoms with Crippen molar-refractivity contribution >= 4 is 27.7 Å². The largest absolute Gasteiger partial charge is 0.493 e. The first kappa shape index (κ1) is 32.6. The summed E-state index contributed by atoms with van der Waals surface area (Å²) in [6.07, 6.45) is 1.95. The number of hydrogen-bond acceptors (Lipinski definition) is 6. The number of pyridine rings is 1. The van der Waals surface area contributed by atoms with Crippen molar-refractivity contribution in [2.45, 2.75) is 65.8 Å². The summed E-state index contributed by atoms with van der Waals surface area (Å²) in [5.74, 6) is 0.724. The van der Waals surface area contributed by atoms with Gasteiger partial charge in [0.1, 0.15) is 5.84 Å². The number of ether oxygens (including phenoxy) is 1. The zero-order valence-electron chi connectivity index (χ0n) is 25.5. The van der Waals surface area contributed by atoms with Crippen molar-refractivity contribution in [2.24, 2.45) is 0 Å². The quantitative estimate of drug-likeness (QED) is 0.161. The van der Waals surface area contributed by atoms with Gasteiger partial charge >= 0.3 is 6.03 Å². The summed E-state index contributed by atoms with van der Waals surface area (Å²) in [6.45, 7) is 10.8. The number of urea groups is 1. The second kappa shape index (κ2) is 14.3. The highest BCUT2D eigenvalue weighted by Gasteiger charge is 2.17. The lowest BCUT2D eigenvalue weighted by Crippen LogP contribution is -2.43. The van der Waals surface area contributed by atoms with Crippen LogP contribution in [0.5, 0.6) is 5.75 Å². The van der Waals surface area contributed by atoms with Crippen LogP contribution in [0.3, 0.4) is 0 Å². The van der Waals surface area contributed by atoms with Gasteiger partial charge in [0.2, 0.25) is 10.0 Å². The molecule has 3 aromatic rings. The molecule has 0 aliphatic heterocycles. The van der Waals surface area contributed by atoms with Crippen molar-refractivity contribution in [3.63, 3.8) is 0 Å². The van der Waals surface area contributed by atoms with Gasteiger partial charge in [-0.3, -0.25) is 15.0 Å². The molecule has 0 atom stereocenters. The third kappa shape index (κ3) is 9.04. The van der Waals surface area contributed by atoms with Gasteiger partial charge in [0, 0.05) is 26.5 Å². The van der Waals surface area contributed by atoms with E-state index >= 15 is 0 Å². The molecule has 0 aliphatic carbocycles. The molecule has 3 N–H and O–H groups in total. The first-order valence-corrected chi connectivity index (χ1v) is 15.9. The Balaban J connectivity index is 0.00000645. The number of benzene rings is 2. The molecule has 10 heteroatoms. The van der Waals surface area contributed by atoms with Crippen LogP contribution < -0.4 is 14.8 Å². The van der Waals surface area contributed by atoms with Crippen LogP contribution in [0.25, 0.3) is 11.3 Å². The number of amidine groups is 1. The summed E-state index contributed by atoms with van der Waals surface area (Å²) in [7, 11) is -2.04. The van der Waals surface area contributed by atoms with E-state index in [0.717, 1.165) is 29.5 Å². The van der Waals surface area contributed by atoms with E-state index in [9.17, 15) is 13.2 Å². The molecular formula is C32H45N5O4S. The van der Waals surface area contributed by atoms with Crippen LogP contribution in [0.2, 0.25) is 0 Å². The summed E-state index contributed by atoms with van der Waals surface area (Å²) in [6, 6.07) is 19.3. The Morgan fingerprint density at radius 3 is 2.21 bits per heavy atom. The average Bonchev–Trinajstić information content (AvgIpc) is 2.96. The normalized spacial score (nSPS) is 11.6. The maximum atomic E-state index is 12.8. The number of rotatable bonds is 12. The van der Waals surface area contributed by atoms with Gasteiger partial charge in [0.15, 0.2) is 11.6 Å². The molecular weight excluding hydrogens is 550 g/mol. The molecule has 2 aromatic carbocycles. The molecule has 1 aromatic heterocycles. The molecule has 9 nitrogen and oxygen atoms in total. The number of hydrogen-bond donors (Lipinski definition) is 3. The zero-order chi connectivity index (χ0) is 30.9. The molecule has 0 bridgehead atoms. The van der Waals surface area contributed by atoms with E-state index in [1.54, 1.807) is 19.1 Å². The minimum atomic E-state index is -3.50. The Morgan fingerprint density at radius 2 is 1.64 bits per heavy atom. The Labute approximate surface area is 251 Å². The Hall–Kier alpha value is -3.92. The standard InChI is InChI=1S/C32H43N5O4S.H2/c1-7-37(31(38)34-22-24-14-18-26(19-15-24)32(3,4)5)29(33)11-9-10-23-12-16-25(17-13-23)27-20-21-28(41-6)30(35-27)36-42(39,40)8-2;/h12-21,33H,7-11,22H2,1-6H3,(H,34,38)(H,35,36);1H. The van der Waals surface area contributed by atoms with E-state index in [-0.39, 0.29) is 24.4 Å². The van der Waals surface area contributed by atoms with E-state index in [4.69, 9.17) is 10.1 Å². The molecule has 42 heavy (non-hydrogen) atoms. The van der Waals surface area contributed by atoms with Crippen LogP contribution in [0.4, 0.5) is 10.6 Å². The van der Waals surface area contributed by atoms with Gasteiger partial charge in [-0.25, -0.2) is 18.2 Å². The molecule has 0 fully saturated rings. The minimum absolute atomic E-state index is 0. The molecule has 2 amide bonds. The molecule has 3 rings (SSSR count). The minimum Gasteiger partial charge on any atom is -0.493 e. The van der Waals surface area contributed by atoms with Crippen molar-refractivity contribution in [1.29, 1.82) is 5.41 Å². The smallest absolute Gasteiger partial charge is 0.323 e. The topological polar surface area (TPSA) is 124 Å². The lowest BCUT2D eigenvalue weighted by atomic mass is 9.87. The highest BCUT2D eigenvalue weighted by molar-refractivity contribution is 7.92. The first-order chi connectivity index (χ1) is 19.9. The maximum absolute atomic E-state index is 12.8. The SMILES string of the molecule is CCN(C(=N)CCCc1ccc(-c2ccc(OC)c(NS(=O)(=O)CC)n2)cc1)C(=O)NCc1ccc(C(C)(C)C)cc1.[HH]. The summed E-state index contributed by atoms with van der Waals surface area (Å²) < 4.78 is 31.9. The average molecular weight is 596 g/mol. The Kier molecular flexibility index (Phi) is 11.1. The summed E-state index contributed by atoms with van der Waals surface area (Å²) in [4.78, 5) is 18.7. The second-order valence-electron chi connectivity index (χ2n) is 11.1. The van der Waals surface area contributed by atoms with Gasteiger partial charge in [-0.15, -0.1) is 0 Å². The maximum Gasteiger partial charge on any atom is 0.323 e. The van der Waals surface area contributed by atoms with E-state index in [1.165, 1.54) is 17.6 Å². The number of aryl methyl sites for hydroxylation is 1. The molecule has 228 valence electrons. The molecule has 0 radical (unpaired) electrons. The van der Waals surface area contributed by atoms with Gasteiger partial charge in [-0.2, -0.15) is 0 Å². The highest BCUT2D eigenvalue weighted by Crippen LogP contribution is 2.28. The van der Waals surface area contributed by atoms with Crippen molar-refractivity contribution < 1.29 is 19.4 Å². The van der Waals surface area contributed by atoms with E-state index in [1.807, 2.05) is 43.3 Å². The zero-order valence-corrected chi connectivity index (χ0v) is 26.3. The number of anilines is 1. The predicted molar refractivity (Wildman–Crippen MR) is 172 cm³/mol. The predicted octanol–water partition coefficient (Wildman–Crippen LogP) is 6.59. The number of aromatic nitrogens is 1. The number of carbonyl (C=O) groups is 1. The number of methoxy groups -OCH3 is 1. The van der Waals surface area contributed by atoms with Crippen LogP contribution in [-0.4, -0.2) is 49.6 Å². The molecule has 0 saturated heterocycles. The van der Waals surface area contributed by atoms with E-state index in [0.29, 0.717) is 36.8 Å². The van der Waals surface area contributed by atoms with Crippen molar-refractivity contribution in [3.8, 4) is 17.0 Å². The van der Waals surface area contributed by atoms with Gasteiger partial charge in [-0.05, 0) is 60.9 Å².